The van der Waals surface area contributed by atoms with E-state index in [0.29, 0.717) is 39.0 Å². The van der Waals surface area contributed by atoms with Crippen LogP contribution in [0.4, 0.5) is 5.69 Å². The van der Waals surface area contributed by atoms with E-state index in [1.54, 1.807) is 24.3 Å². The summed E-state index contributed by atoms with van der Waals surface area (Å²) in [5.74, 6) is 0.765. The Kier molecular flexibility index (Phi) is 5.02. The van der Waals surface area contributed by atoms with E-state index >= 15 is 0 Å². The number of anilines is 1. The van der Waals surface area contributed by atoms with Crippen molar-refractivity contribution < 1.29 is 13.9 Å². The van der Waals surface area contributed by atoms with Crippen LogP contribution in [0.5, 0.6) is 5.75 Å². The maximum atomic E-state index is 12.5. The maximum absolute atomic E-state index is 12.5. The summed E-state index contributed by atoms with van der Waals surface area (Å²) < 4.78 is 11.5. The number of rotatable bonds is 5. The number of ether oxygens (including phenoxy) is 1. The number of hydrogen-bond donors (Lipinski definition) is 1. The molecule has 0 aliphatic rings. The van der Waals surface area contributed by atoms with Gasteiger partial charge in [-0.15, -0.1) is 0 Å². The first-order valence-electron chi connectivity index (χ1n) is 9.73. The molecule has 0 radical (unpaired) electrons. The fraction of sp³-hybridized carbons (Fsp3) is 0.0400. The summed E-state index contributed by atoms with van der Waals surface area (Å²) in [4.78, 5) is 17.0. The molecular formula is C25H17ClN2O3. The van der Waals surface area contributed by atoms with Crippen LogP contribution in [0.1, 0.15) is 0 Å². The van der Waals surface area contributed by atoms with Crippen molar-refractivity contribution in [2.45, 2.75) is 0 Å². The number of halogens is 1. The third-order valence-electron chi connectivity index (χ3n) is 4.87. The monoisotopic (exact) mass is 428 g/mol. The van der Waals surface area contributed by atoms with E-state index < -0.39 is 0 Å². The van der Waals surface area contributed by atoms with Crippen molar-refractivity contribution in [2.24, 2.45) is 0 Å². The van der Waals surface area contributed by atoms with Crippen LogP contribution in [0.25, 0.3) is 33.3 Å². The second-order valence-corrected chi connectivity index (χ2v) is 7.46. The van der Waals surface area contributed by atoms with Gasteiger partial charge in [0, 0.05) is 5.02 Å². The van der Waals surface area contributed by atoms with Gasteiger partial charge in [-0.05, 0) is 53.2 Å². The molecule has 0 bridgehead atoms. The molecule has 0 fully saturated rings. The summed E-state index contributed by atoms with van der Waals surface area (Å²) >= 11 is 6.04. The lowest BCUT2D eigenvalue weighted by molar-refractivity contribution is -0.118. The van der Waals surface area contributed by atoms with Gasteiger partial charge in [0.2, 0.25) is 5.89 Å². The molecular weight excluding hydrogens is 412 g/mol. The summed E-state index contributed by atoms with van der Waals surface area (Å²) in [7, 11) is 0. The first kappa shape index (κ1) is 19.2. The van der Waals surface area contributed by atoms with E-state index in [0.717, 1.165) is 10.8 Å². The van der Waals surface area contributed by atoms with Crippen molar-refractivity contribution in [1.29, 1.82) is 0 Å². The minimum absolute atomic E-state index is 0.115. The molecule has 0 saturated heterocycles. The highest BCUT2D eigenvalue weighted by Crippen LogP contribution is 2.31. The lowest BCUT2D eigenvalue weighted by atomic mass is 10.1. The number of benzene rings is 4. The Bertz CT molecular complexity index is 1410. The van der Waals surface area contributed by atoms with Gasteiger partial charge in [-0.25, -0.2) is 4.98 Å². The second-order valence-electron chi connectivity index (χ2n) is 7.02. The second kappa shape index (κ2) is 8.13. The molecule has 1 heterocycles. The Labute approximate surface area is 183 Å². The van der Waals surface area contributed by atoms with E-state index in [2.05, 4.69) is 10.3 Å². The molecule has 152 valence electrons. The number of hydrogen-bond acceptors (Lipinski definition) is 4. The molecule has 0 aliphatic carbocycles. The largest absolute Gasteiger partial charge is 0.484 e. The lowest BCUT2D eigenvalue weighted by Crippen LogP contribution is -2.20. The highest BCUT2D eigenvalue weighted by Gasteiger charge is 2.14. The van der Waals surface area contributed by atoms with Crippen LogP contribution in [0.2, 0.25) is 5.02 Å². The van der Waals surface area contributed by atoms with E-state index in [9.17, 15) is 4.79 Å². The number of carbonyl (C=O) groups is 1. The molecule has 0 spiro atoms. The van der Waals surface area contributed by atoms with Crippen molar-refractivity contribution in [1.82, 2.24) is 4.98 Å². The zero-order valence-corrected chi connectivity index (χ0v) is 17.1. The number of amides is 1. The van der Waals surface area contributed by atoms with Crippen LogP contribution in [0.3, 0.4) is 0 Å². The van der Waals surface area contributed by atoms with Crippen molar-refractivity contribution >= 4 is 45.1 Å². The molecule has 0 atom stereocenters. The Balaban J connectivity index is 1.33. The van der Waals surface area contributed by atoms with Crippen molar-refractivity contribution in [3.63, 3.8) is 0 Å². The third-order valence-corrected chi connectivity index (χ3v) is 5.11. The fourth-order valence-corrected chi connectivity index (χ4v) is 3.55. The third kappa shape index (κ3) is 4.09. The molecule has 0 unspecified atom stereocenters. The van der Waals surface area contributed by atoms with Crippen molar-refractivity contribution in [3.05, 3.63) is 90.0 Å². The number of aromatic nitrogens is 1. The van der Waals surface area contributed by atoms with Gasteiger partial charge in [0.25, 0.3) is 5.91 Å². The predicted octanol–water partition coefficient (Wildman–Crippen LogP) is 6.32. The Morgan fingerprint density at radius 3 is 2.65 bits per heavy atom. The summed E-state index contributed by atoms with van der Waals surface area (Å²) in [6.45, 7) is -0.115. The van der Waals surface area contributed by atoms with Gasteiger partial charge in [0.1, 0.15) is 11.3 Å². The molecule has 5 rings (SSSR count). The smallest absolute Gasteiger partial charge is 0.262 e. The van der Waals surface area contributed by atoms with Crippen LogP contribution >= 0.6 is 11.6 Å². The molecule has 31 heavy (non-hydrogen) atoms. The number of carbonyl (C=O) groups excluding carboxylic acids is 1. The topological polar surface area (TPSA) is 64.4 Å². The van der Waals surface area contributed by atoms with Crippen LogP contribution in [0.15, 0.2) is 89.3 Å². The van der Waals surface area contributed by atoms with Gasteiger partial charge in [-0.1, -0.05) is 54.1 Å². The SMILES string of the molecule is O=C(COc1ccc2ccccc2c1)Nc1ccccc1-c1nc2cc(Cl)ccc2o1. The van der Waals surface area contributed by atoms with Crippen LogP contribution < -0.4 is 10.1 Å². The summed E-state index contributed by atoms with van der Waals surface area (Å²) in [6.07, 6.45) is 0. The van der Waals surface area contributed by atoms with Gasteiger partial charge < -0.3 is 14.5 Å². The Morgan fingerprint density at radius 2 is 1.74 bits per heavy atom. The summed E-state index contributed by atoms with van der Waals surface area (Å²) in [6, 6.07) is 26.3. The fourth-order valence-electron chi connectivity index (χ4n) is 3.39. The average molecular weight is 429 g/mol. The predicted molar refractivity (Wildman–Crippen MR) is 123 cm³/mol. The molecule has 0 aliphatic heterocycles. The number of para-hydroxylation sites is 1. The minimum Gasteiger partial charge on any atom is -0.484 e. The maximum Gasteiger partial charge on any atom is 0.262 e. The minimum atomic E-state index is -0.278. The molecule has 1 aromatic heterocycles. The number of nitrogens with one attached hydrogen (secondary N) is 1. The van der Waals surface area contributed by atoms with E-state index in [1.165, 1.54) is 0 Å². The van der Waals surface area contributed by atoms with E-state index in [-0.39, 0.29) is 12.5 Å². The lowest BCUT2D eigenvalue weighted by Gasteiger charge is -2.10. The molecule has 5 nitrogen and oxygen atoms in total. The summed E-state index contributed by atoms with van der Waals surface area (Å²) in [5, 5.41) is 5.64. The molecule has 1 N–H and O–H groups in total. The zero-order chi connectivity index (χ0) is 21.2. The average Bonchev–Trinajstić information content (AvgIpc) is 3.21. The summed E-state index contributed by atoms with van der Waals surface area (Å²) in [5.41, 5.74) is 2.55. The molecule has 5 aromatic rings. The van der Waals surface area contributed by atoms with Crippen molar-refractivity contribution in [3.8, 4) is 17.2 Å². The normalized spacial score (nSPS) is 11.0. The van der Waals surface area contributed by atoms with Gasteiger partial charge >= 0.3 is 0 Å². The zero-order valence-electron chi connectivity index (χ0n) is 16.3. The number of oxazole rings is 1. The van der Waals surface area contributed by atoms with E-state index in [4.69, 9.17) is 20.8 Å². The number of nitrogens with zero attached hydrogens (tertiary/aromatic N) is 1. The first-order valence-corrected chi connectivity index (χ1v) is 10.1. The van der Waals surface area contributed by atoms with Crippen LogP contribution in [-0.2, 0) is 4.79 Å². The van der Waals surface area contributed by atoms with Crippen LogP contribution in [0, 0.1) is 0 Å². The van der Waals surface area contributed by atoms with E-state index in [1.807, 2.05) is 60.7 Å². The Hall–Kier alpha value is -3.83. The molecule has 0 saturated carbocycles. The van der Waals surface area contributed by atoms with Gasteiger partial charge in [-0.3, -0.25) is 4.79 Å². The van der Waals surface area contributed by atoms with Gasteiger partial charge in [0.15, 0.2) is 12.2 Å². The highest BCUT2D eigenvalue weighted by molar-refractivity contribution is 6.31. The quantitative estimate of drug-likeness (QED) is 0.356. The molecule has 6 heteroatoms. The van der Waals surface area contributed by atoms with Crippen molar-refractivity contribution in [2.75, 3.05) is 11.9 Å². The first-order chi connectivity index (χ1) is 15.2. The highest BCUT2D eigenvalue weighted by atomic mass is 35.5. The molecule has 1 amide bonds. The van der Waals surface area contributed by atoms with Crippen LogP contribution in [-0.4, -0.2) is 17.5 Å². The van der Waals surface area contributed by atoms with Gasteiger partial charge in [-0.2, -0.15) is 0 Å². The standard InChI is InChI=1S/C25H17ClN2O3/c26-18-10-12-23-22(14-18)28-25(31-23)20-7-3-4-8-21(20)27-24(29)15-30-19-11-9-16-5-1-2-6-17(16)13-19/h1-14H,15H2,(H,27,29). The van der Waals surface area contributed by atoms with Gasteiger partial charge in [0.05, 0.1) is 11.3 Å². The molecule has 4 aromatic carbocycles. The Morgan fingerprint density at radius 1 is 0.935 bits per heavy atom. The number of fused-ring (bicyclic) bond motifs is 2.